The fourth-order valence-corrected chi connectivity index (χ4v) is 2.03. The summed E-state index contributed by atoms with van der Waals surface area (Å²) in [6.45, 7) is 1.42. The van der Waals surface area contributed by atoms with Crippen LogP contribution >= 0.6 is 0 Å². The van der Waals surface area contributed by atoms with Crippen LogP contribution in [0.15, 0.2) is 48.5 Å². The predicted molar refractivity (Wildman–Crippen MR) is 83.6 cm³/mol. The van der Waals surface area contributed by atoms with Crippen molar-refractivity contribution in [3.63, 3.8) is 0 Å². The second kappa shape index (κ2) is 6.46. The van der Waals surface area contributed by atoms with E-state index in [4.69, 9.17) is 14.2 Å². The maximum absolute atomic E-state index is 5.79. The zero-order valence-electron chi connectivity index (χ0n) is 12.0. The molecule has 0 aliphatic carbocycles. The van der Waals surface area contributed by atoms with Gasteiger partial charge in [-0.15, -0.1) is 0 Å². The number of rotatable bonds is 6. The minimum absolute atomic E-state index is 0.264. The second-order valence-corrected chi connectivity index (χ2v) is 4.91. The highest BCUT2D eigenvalue weighted by atomic mass is 16.6. The van der Waals surface area contributed by atoms with Crippen molar-refractivity contribution in [3.8, 4) is 11.5 Å². The highest BCUT2D eigenvalue weighted by Gasteiger charge is 2.23. The zero-order chi connectivity index (χ0) is 14.5. The fraction of sp³-hybridized carbons (Fsp3) is 0.222. The molecule has 0 saturated carbocycles. The van der Waals surface area contributed by atoms with Crippen molar-refractivity contribution < 1.29 is 14.2 Å². The first-order chi connectivity index (χ1) is 10.3. The fourth-order valence-electron chi connectivity index (χ4n) is 2.03. The monoisotopic (exact) mass is 282 g/mol. The van der Waals surface area contributed by atoms with Crippen LogP contribution in [0.25, 0.3) is 12.2 Å². The zero-order valence-corrected chi connectivity index (χ0v) is 12.0. The Morgan fingerprint density at radius 2 is 2.00 bits per heavy atom. The Morgan fingerprint density at radius 3 is 2.81 bits per heavy atom. The average molecular weight is 282 g/mol. The molecular formula is C18H18O3. The normalized spacial score (nSPS) is 16.9. The van der Waals surface area contributed by atoms with Crippen molar-refractivity contribution in [1.29, 1.82) is 0 Å². The first-order valence-electron chi connectivity index (χ1n) is 7.01. The maximum atomic E-state index is 5.79. The molecule has 1 unspecified atom stereocenters. The van der Waals surface area contributed by atoms with Crippen LogP contribution in [0.4, 0.5) is 0 Å². The molecule has 3 rings (SSSR count). The van der Waals surface area contributed by atoms with Crippen LogP contribution in [-0.2, 0) is 4.74 Å². The molecule has 3 nitrogen and oxygen atoms in total. The molecule has 0 radical (unpaired) electrons. The van der Waals surface area contributed by atoms with Gasteiger partial charge in [-0.2, -0.15) is 0 Å². The molecule has 0 amide bonds. The summed E-state index contributed by atoms with van der Waals surface area (Å²) in [5.74, 6) is 1.74. The van der Waals surface area contributed by atoms with E-state index in [2.05, 4.69) is 12.2 Å². The van der Waals surface area contributed by atoms with Gasteiger partial charge in [0.1, 0.15) is 24.2 Å². The molecule has 0 N–H and O–H groups in total. The molecule has 1 saturated heterocycles. The first-order valence-corrected chi connectivity index (χ1v) is 7.01. The third-order valence-electron chi connectivity index (χ3n) is 3.30. The number of hydrogen-bond donors (Lipinski definition) is 0. The number of para-hydroxylation sites is 1. The Bertz CT molecular complexity index is 630. The van der Waals surface area contributed by atoms with Gasteiger partial charge >= 0.3 is 0 Å². The lowest BCUT2D eigenvalue weighted by molar-refractivity contribution is 0.262. The van der Waals surface area contributed by atoms with E-state index in [0.717, 1.165) is 29.2 Å². The van der Waals surface area contributed by atoms with E-state index in [0.29, 0.717) is 6.61 Å². The number of epoxide rings is 1. The van der Waals surface area contributed by atoms with Crippen molar-refractivity contribution in [2.75, 3.05) is 20.3 Å². The minimum Gasteiger partial charge on any atom is -0.497 e. The van der Waals surface area contributed by atoms with Crippen LogP contribution in [0.2, 0.25) is 0 Å². The second-order valence-electron chi connectivity index (χ2n) is 4.91. The molecule has 1 atom stereocenters. The molecule has 108 valence electrons. The van der Waals surface area contributed by atoms with E-state index in [9.17, 15) is 0 Å². The van der Waals surface area contributed by atoms with E-state index < -0.39 is 0 Å². The molecule has 1 heterocycles. The molecule has 0 aromatic heterocycles. The first kappa shape index (κ1) is 13.7. The summed E-state index contributed by atoms with van der Waals surface area (Å²) in [7, 11) is 1.67. The molecule has 3 heteroatoms. The Kier molecular flexibility index (Phi) is 4.22. The standard InChI is InChI=1S/C18H18O3/c1-19-16-7-4-5-14(11-16)9-10-15-6-2-3-8-18(15)21-13-17-12-20-17/h2-11,17H,12-13H2,1H3. The van der Waals surface area contributed by atoms with Crippen LogP contribution in [0.3, 0.4) is 0 Å². The van der Waals surface area contributed by atoms with Crippen molar-refractivity contribution in [2.45, 2.75) is 6.10 Å². The third kappa shape index (κ3) is 3.86. The lowest BCUT2D eigenvalue weighted by Gasteiger charge is -2.07. The average Bonchev–Trinajstić information content (AvgIpc) is 3.36. The minimum atomic E-state index is 0.264. The van der Waals surface area contributed by atoms with Crippen LogP contribution in [0.5, 0.6) is 11.5 Å². The van der Waals surface area contributed by atoms with Gasteiger partial charge in [0.15, 0.2) is 0 Å². The van der Waals surface area contributed by atoms with E-state index in [1.807, 2.05) is 48.5 Å². The van der Waals surface area contributed by atoms with Gasteiger partial charge in [-0.1, -0.05) is 42.5 Å². The largest absolute Gasteiger partial charge is 0.497 e. The van der Waals surface area contributed by atoms with Crippen LogP contribution < -0.4 is 9.47 Å². The molecule has 0 bridgehead atoms. The summed E-state index contributed by atoms with van der Waals surface area (Å²) in [5.41, 5.74) is 2.15. The van der Waals surface area contributed by atoms with E-state index >= 15 is 0 Å². The van der Waals surface area contributed by atoms with Gasteiger partial charge in [-0.3, -0.25) is 0 Å². The maximum Gasteiger partial charge on any atom is 0.126 e. The molecule has 1 aliphatic heterocycles. The summed E-state index contributed by atoms with van der Waals surface area (Å²) in [5, 5.41) is 0. The topological polar surface area (TPSA) is 31.0 Å². The summed E-state index contributed by atoms with van der Waals surface area (Å²) in [4.78, 5) is 0. The molecule has 1 fully saturated rings. The van der Waals surface area contributed by atoms with Crippen LogP contribution in [0.1, 0.15) is 11.1 Å². The van der Waals surface area contributed by atoms with Crippen molar-refractivity contribution in [1.82, 2.24) is 0 Å². The summed E-state index contributed by atoms with van der Waals surface area (Å²) in [6.07, 6.45) is 4.37. The number of benzene rings is 2. The van der Waals surface area contributed by atoms with Gasteiger partial charge in [0.2, 0.25) is 0 Å². The SMILES string of the molecule is COc1cccc(C=Cc2ccccc2OCC2CO2)c1. The Labute approximate surface area is 124 Å². The summed E-state index contributed by atoms with van der Waals surface area (Å²) >= 11 is 0. The van der Waals surface area contributed by atoms with E-state index in [1.165, 1.54) is 0 Å². The van der Waals surface area contributed by atoms with Crippen molar-refractivity contribution in [3.05, 3.63) is 59.7 Å². The number of ether oxygens (including phenoxy) is 3. The molecule has 21 heavy (non-hydrogen) atoms. The highest BCUT2D eigenvalue weighted by Crippen LogP contribution is 2.23. The Hall–Kier alpha value is -2.26. The van der Waals surface area contributed by atoms with Crippen molar-refractivity contribution >= 4 is 12.2 Å². The Morgan fingerprint density at radius 1 is 1.14 bits per heavy atom. The van der Waals surface area contributed by atoms with E-state index in [-0.39, 0.29) is 6.10 Å². The molecule has 2 aromatic rings. The van der Waals surface area contributed by atoms with Gasteiger partial charge in [-0.05, 0) is 23.8 Å². The van der Waals surface area contributed by atoms with E-state index in [1.54, 1.807) is 7.11 Å². The van der Waals surface area contributed by atoms with Gasteiger partial charge < -0.3 is 14.2 Å². The molecule has 1 aliphatic rings. The number of hydrogen-bond acceptors (Lipinski definition) is 3. The van der Waals surface area contributed by atoms with Gasteiger partial charge in [0.05, 0.1) is 13.7 Å². The molecule has 2 aromatic carbocycles. The van der Waals surface area contributed by atoms with Crippen molar-refractivity contribution in [2.24, 2.45) is 0 Å². The highest BCUT2D eigenvalue weighted by molar-refractivity contribution is 5.72. The number of methoxy groups -OCH3 is 1. The molecular weight excluding hydrogens is 264 g/mol. The van der Waals surface area contributed by atoms with Crippen LogP contribution in [0, 0.1) is 0 Å². The van der Waals surface area contributed by atoms with Gasteiger partial charge in [-0.25, -0.2) is 0 Å². The van der Waals surface area contributed by atoms with Gasteiger partial charge in [0.25, 0.3) is 0 Å². The summed E-state index contributed by atoms with van der Waals surface area (Å²) < 4.78 is 16.2. The quantitative estimate of drug-likeness (QED) is 0.598. The third-order valence-corrected chi connectivity index (χ3v) is 3.30. The smallest absolute Gasteiger partial charge is 0.126 e. The lowest BCUT2D eigenvalue weighted by atomic mass is 10.1. The summed E-state index contributed by atoms with van der Waals surface area (Å²) in [6, 6.07) is 16.0. The Balaban J connectivity index is 1.74. The lowest BCUT2D eigenvalue weighted by Crippen LogP contribution is -2.04. The van der Waals surface area contributed by atoms with Gasteiger partial charge in [0, 0.05) is 5.56 Å². The molecule has 0 spiro atoms. The predicted octanol–water partition coefficient (Wildman–Crippen LogP) is 3.64. The van der Waals surface area contributed by atoms with Crippen LogP contribution in [-0.4, -0.2) is 26.4 Å².